The van der Waals surface area contributed by atoms with Gasteiger partial charge in [-0.15, -0.1) is 0 Å². The number of H-pyrrole nitrogens is 1. The Morgan fingerprint density at radius 1 is 1.11 bits per heavy atom. The minimum atomic E-state index is -0.399. The summed E-state index contributed by atoms with van der Waals surface area (Å²) in [5, 5.41) is 2.84. The Balaban J connectivity index is 1.57. The number of rotatable bonds is 7. The van der Waals surface area contributed by atoms with Crippen LogP contribution in [0.2, 0.25) is 0 Å². The number of esters is 1. The number of imidazole rings is 1. The van der Waals surface area contributed by atoms with Gasteiger partial charge in [0.05, 0.1) is 23.7 Å². The summed E-state index contributed by atoms with van der Waals surface area (Å²) in [6.45, 7) is 2.13. The average Bonchev–Trinajstić information content (AvgIpc) is 3.08. The van der Waals surface area contributed by atoms with Crippen LogP contribution in [-0.4, -0.2) is 29.0 Å². The van der Waals surface area contributed by atoms with E-state index in [0.29, 0.717) is 24.1 Å². The maximum absolute atomic E-state index is 12.2. The predicted octanol–water partition coefficient (Wildman–Crippen LogP) is 3.87. The zero-order valence-corrected chi connectivity index (χ0v) is 15.5. The van der Waals surface area contributed by atoms with Crippen molar-refractivity contribution in [2.75, 3.05) is 12.4 Å². The van der Waals surface area contributed by atoms with E-state index in [9.17, 15) is 9.59 Å². The molecule has 1 amide bonds. The molecular weight excluding hydrogens is 342 g/mol. The van der Waals surface area contributed by atoms with Crippen LogP contribution in [0.5, 0.6) is 0 Å². The van der Waals surface area contributed by atoms with Gasteiger partial charge in [-0.25, -0.2) is 9.78 Å². The molecule has 0 aliphatic rings. The summed E-state index contributed by atoms with van der Waals surface area (Å²) in [6, 6.07) is 12.7. The van der Waals surface area contributed by atoms with E-state index in [0.717, 1.165) is 35.3 Å². The molecule has 0 saturated heterocycles. The van der Waals surface area contributed by atoms with Gasteiger partial charge in [-0.05, 0) is 54.8 Å². The van der Waals surface area contributed by atoms with Crippen molar-refractivity contribution in [3.63, 3.8) is 0 Å². The molecule has 0 saturated carbocycles. The molecule has 140 valence electrons. The quantitative estimate of drug-likeness (QED) is 0.623. The van der Waals surface area contributed by atoms with Crippen LogP contribution in [0.3, 0.4) is 0 Å². The fourth-order valence-electron chi connectivity index (χ4n) is 2.91. The lowest BCUT2D eigenvalue weighted by Gasteiger charge is -2.06. The third kappa shape index (κ3) is 4.73. The number of hydrogen-bond acceptors (Lipinski definition) is 4. The number of amides is 1. The molecular formula is C21H23N3O3. The first kappa shape index (κ1) is 18.6. The van der Waals surface area contributed by atoms with Crippen LogP contribution >= 0.6 is 0 Å². The van der Waals surface area contributed by atoms with Crippen LogP contribution in [-0.2, 0) is 22.4 Å². The van der Waals surface area contributed by atoms with Gasteiger partial charge in [0.15, 0.2) is 0 Å². The van der Waals surface area contributed by atoms with Crippen LogP contribution in [0.25, 0.3) is 11.0 Å². The molecule has 0 fully saturated rings. The first-order valence-electron chi connectivity index (χ1n) is 9.05. The average molecular weight is 365 g/mol. The number of aromatic nitrogens is 2. The standard InChI is InChI=1S/C21H23N3O3/c1-3-4-19-23-17-11-5-14(13-18(17)24-19)6-12-20(25)22-16-9-7-15(8-10-16)21(26)27-2/h5,7-11,13H,3-4,6,12H2,1-2H3,(H,22,25)(H,23,24). The monoisotopic (exact) mass is 365 g/mol. The van der Waals surface area contributed by atoms with Crippen molar-refractivity contribution in [2.45, 2.75) is 32.6 Å². The number of carbonyl (C=O) groups excluding carboxylic acids is 2. The van der Waals surface area contributed by atoms with Gasteiger partial charge in [-0.1, -0.05) is 13.0 Å². The molecule has 0 atom stereocenters. The summed E-state index contributed by atoms with van der Waals surface area (Å²) in [7, 11) is 1.34. The first-order chi connectivity index (χ1) is 13.1. The first-order valence-corrected chi connectivity index (χ1v) is 9.05. The van der Waals surface area contributed by atoms with Gasteiger partial charge in [0.2, 0.25) is 5.91 Å². The summed E-state index contributed by atoms with van der Waals surface area (Å²) in [5.41, 5.74) is 4.16. The molecule has 6 nitrogen and oxygen atoms in total. The highest BCUT2D eigenvalue weighted by Crippen LogP contribution is 2.16. The molecule has 0 bridgehead atoms. The van der Waals surface area contributed by atoms with Crippen molar-refractivity contribution in [2.24, 2.45) is 0 Å². The lowest BCUT2D eigenvalue weighted by Crippen LogP contribution is -2.12. The molecule has 2 aromatic carbocycles. The zero-order chi connectivity index (χ0) is 19.2. The molecule has 0 unspecified atom stereocenters. The highest BCUT2D eigenvalue weighted by atomic mass is 16.5. The second-order valence-corrected chi connectivity index (χ2v) is 6.40. The number of nitrogens with zero attached hydrogens (tertiary/aromatic N) is 1. The second-order valence-electron chi connectivity index (χ2n) is 6.40. The van der Waals surface area contributed by atoms with Crippen molar-refractivity contribution in [3.8, 4) is 0 Å². The number of aryl methyl sites for hydroxylation is 2. The van der Waals surface area contributed by atoms with Crippen molar-refractivity contribution in [1.29, 1.82) is 0 Å². The Morgan fingerprint density at radius 3 is 2.59 bits per heavy atom. The molecule has 1 aromatic heterocycles. The number of anilines is 1. The Hall–Kier alpha value is -3.15. The van der Waals surface area contributed by atoms with Gasteiger partial charge >= 0.3 is 5.97 Å². The third-order valence-corrected chi connectivity index (χ3v) is 4.31. The lowest BCUT2D eigenvalue weighted by molar-refractivity contribution is -0.116. The number of fused-ring (bicyclic) bond motifs is 1. The smallest absolute Gasteiger partial charge is 0.337 e. The summed E-state index contributed by atoms with van der Waals surface area (Å²) < 4.78 is 4.66. The Labute approximate surface area is 158 Å². The zero-order valence-electron chi connectivity index (χ0n) is 15.5. The van der Waals surface area contributed by atoms with Gasteiger partial charge in [0.25, 0.3) is 0 Å². The van der Waals surface area contributed by atoms with E-state index in [1.54, 1.807) is 24.3 Å². The van der Waals surface area contributed by atoms with E-state index in [1.165, 1.54) is 7.11 Å². The number of benzene rings is 2. The summed E-state index contributed by atoms with van der Waals surface area (Å²) in [5.74, 6) is 0.527. The predicted molar refractivity (Wildman–Crippen MR) is 105 cm³/mol. The molecule has 0 spiro atoms. The van der Waals surface area contributed by atoms with Gasteiger partial charge < -0.3 is 15.0 Å². The van der Waals surface area contributed by atoms with E-state index in [4.69, 9.17) is 0 Å². The Morgan fingerprint density at radius 2 is 1.89 bits per heavy atom. The van der Waals surface area contributed by atoms with Crippen molar-refractivity contribution in [3.05, 3.63) is 59.4 Å². The highest BCUT2D eigenvalue weighted by molar-refractivity contribution is 5.93. The van der Waals surface area contributed by atoms with Crippen LogP contribution in [0.1, 0.15) is 41.5 Å². The largest absolute Gasteiger partial charge is 0.465 e. The molecule has 1 heterocycles. The maximum Gasteiger partial charge on any atom is 0.337 e. The van der Waals surface area contributed by atoms with Crippen LogP contribution in [0, 0.1) is 0 Å². The van der Waals surface area contributed by atoms with Gasteiger partial charge in [-0.2, -0.15) is 0 Å². The van der Waals surface area contributed by atoms with E-state index in [-0.39, 0.29) is 5.91 Å². The fourth-order valence-corrected chi connectivity index (χ4v) is 2.91. The van der Waals surface area contributed by atoms with Crippen LogP contribution in [0.4, 0.5) is 5.69 Å². The molecule has 3 aromatic rings. The molecule has 27 heavy (non-hydrogen) atoms. The van der Waals surface area contributed by atoms with Crippen LogP contribution < -0.4 is 5.32 Å². The molecule has 2 N–H and O–H groups in total. The van der Waals surface area contributed by atoms with E-state index in [2.05, 4.69) is 33.0 Å². The number of carbonyl (C=O) groups is 2. The molecule has 6 heteroatoms. The molecule has 0 radical (unpaired) electrons. The summed E-state index contributed by atoms with van der Waals surface area (Å²) in [6.07, 6.45) is 3.00. The number of methoxy groups -OCH3 is 1. The van der Waals surface area contributed by atoms with Crippen molar-refractivity contribution in [1.82, 2.24) is 9.97 Å². The number of hydrogen-bond donors (Lipinski definition) is 2. The van der Waals surface area contributed by atoms with E-state index < -0.39 is 5.97 Å². The SMILES string of the molecule is CCCc1nc2ccc(CCC(=O)Nc3ccc(C(=O)OC)cc3)cc2[nH]1. The fraction of sp³-hybridized carbons (Fsp3) is 0.286. The number of aromatic amines is 1. The van der Waals surface area contributed by atoms with Crippen molar-refractivity contribution < 1.29 is 14.3 Å². The molecule has 0 aliphatic carbocycles. The minimum absolute atomic E-state index is 0.0720. The van der Waals surface area contributed by atoms with Gasteiger partial charge in [-0.3, -0.25) is 4.79 Å². The topological polar surface area (TPSA) is 84.1 Å². The normalized spacial score (nSPS) is 10.7. The molecule has 3 rings (SSSR count). The maximum atomic E-state index is 12.2. The van der Waals surface area contributed by atoms with Crippen molar-refractivity contribution >= 4 is 28.6 Å². The highest BCUT2D eigenvalue weighted by Gasteiger charge is 2.08. The summed E-state index contributed by atoms with van der Waals surface area (Å²) >= 11 is 0. The van der Waals surface area contributed by atoms with E-state index in [1.807, 2.05) is 12.1 Å². The van der Waals surface area contributed by atoms with E-state index >= 15 is 0 Å². The minimum Gasteiger partial charge on any atom is -0.465 e. The lowest BCUT2D eigenvalue weighted by atomic mass is 10.1. The summed E-state index contributed by atoms with van der Waals surface area (Å²) in [4.78, 5) is 31.5. The van der Waals surface area contributed by atoms with Crippen LogP contribution in [0.15, 0.2) is 42.5 Å². The van der Waals surface area contributed by atoms with Gasteiger partial charge in [0, 0.05) is 18.5 Å². The Bertz CT molecular complexity index is 945. The Kier molecular flexibility index (Phi) is 5.86. The number of nitrogens with one attached hydrogen (secondary N) is 2. The van der Waals surface area contributed by atoms with Gasteiger partial charge in [0.1, 0.15) is 5.82 Å². The molecule has 0 aliphatic heterocycles. The second kappa shape index (κ2) is 8.49. The number of ether oxygens (including phenoxy) is 1. The third-order valence-electron chi connectivity index (χ3n) is 4.31.